The molecule has 0 fully saturated rings. The van der Waals surface area contributed by atoms with Crippen molar-refractivity contribution in [3.8, 4) is 23.7 Å². The first-order valence-electron chi connectivity index (χ1n) is 6.50. The maximum absolute atomic E-state index is 11.3. The third kappa shape index (κ3) is 12.4. The second-order valence-corrected chi connectivity index (χ2v) is 4.46. The van der Waals surface area contributed by atoms with Gasteiger partial charge < -0.3 is 5.32 Å². The molecule has 2 heteroatoms. The van der Waals surface area contributed by atoms with E-state index in [4.69, 9.17) is 0 Å². The van der Waals surface area contributed by atoms with Gasteiger partial charge in [-0.05, 0) is 50.0 Å². The van der Waals surface area contributed by atoms with Gasteiger partial charge in [0.25, 0.3) is 0 Å². The van der Waals surface area contributed by atoms with Crippen molar-refractivity contribution in [2.45, 2.75) is 46.5 Å². The van der Waals surface area contributed by atoms with Gasteiger partial charge in [-0.2, -0.15) is 0 Å². The van der Waals surface area contributed by atoms with Gasteiger partial charge in [-0.15, -0.1) is 0 Å². The minimum absolute atomic E-state index is 0.00159. The van der Waals surface area contributed by atoms with Crippen molar-refractivity contribution in [3.05, 3.63) is 12.2 Å². The van der Waals surface area contributed by atoms with E-state index in [0.717, 1.165) is 32.2 Å². The largest absolute Gasteiger partial charge is 0.352 e. The molecule has 2 nitrogen and oxygen atoms in total. The molecular formula is C16H23NO. The molecule has 0 saturated carbocycles. The topological polar surface area (TPSA) is 29.1 Å². The summed E-state index contributed by atoms with van der Waals surface area (Å²) < 4.78 is 0. The first kappa shape index (κ1) is 16.3. The number of unbranched alkanes of at least 4 members (excludes halogenated alkanes) is 3. The normalized spacial score (nSPS) is 9.56. The Morgan fingerprint density at radius 2 is 2.06 bits per heavy atom. The molecule has 0 aliphatic carbocycles. The van der Waals surface area contributed by atoms with Crippen LogP contribution in [0.25, 0.3) is 0 Å². The van der Waals surface area contributed by atoms with E-state index in [1.807, 2.05) is 6.08 Å². The van der Waals surface area contributed by atoms with E-state index in [0.29, 0.717) is 5.92 Å². The van der Waals surface area contributed by atoms with Crippen LogP contribution in [-0.4, -0.2) is 12.5 Å². The van der Waals surface area contributed by atoms with Gasteiger partial charge in [0.05, 0.1) is 0 Å². The monoisotopic (exact) mass is 245 g/mol. The fraction of sp³-hybridized carbons (Fsp3) is 0.562. The molecule has 0 aliphatic heterocycles. The van der Waals surface area contributed by atoms with Gasteiger partial charge >= 0.3 is 0 Å². The molecular weight excluding hydrogens is 222 g/mol. The van der Waals surface area contributed by atoms with Gasteiger partial charge in [-0.25, -0.2) is 0 Å². The molecule has 0 bridgehead atoms. The lowest BCUT2D eigenvalue weighted by Gasteiger charge is -2.04. The zero-order chi connectivity index (χ0) is 13.6. The predicted molar refractivity (Wildman–Crippen MR) is 76.7 cm³/mol. The van der Waals surface area contributed by atoms with E-state index in [1.165, 1.54) is 0 Å². The van der Waals surface area contributed by atoms with Crippen LogP contribution in [0.2, 0.25) is 0 Å². The second kappa shape index (κ2) is 11.8. The van der Waals surface area contributed by atoms with Crippen LogP contribution in [0.4, 0.5) is 0 Å². The molecule has 1 amide bonds. The highest BCUT2D eigenvalue weighted by atomic mass is 16.1. The molecule has 0 atom stereocenters. The number of carbonyl (C=O) groups is 1. The molecule has 18 heavy (non-hydrogen) atoms. The Morgan fingerprint density at radius 3 is 2.72 bits per heavy atom. The molecule has 0 aromatic heterocycles. The highest BCUT2D eigenvalue weighted by molar-refractivity contribution is 5.87. The molecule has 0 radical (unpaired) electrons. The number of rotatable bonds is 7. The molecule has 0 rings (SSSR count). The number of allylic oxidation sites excluding steroid dienone is 1. The highest BCUT2D eigenvalue weighted by Gasteiger charge is 1.96. The number of hydrogen-bond acceptors (Lipinski definition) is 1. The van der Waals surface area contributed by atoms with Crippen molar-refractivity contribution in [3.63, 3.8) is 0 Å². The maximum Gasteiger partial charge on any atom is 0.243 e. The van der Waals surface area contributed by atoms with E-state index in [-0.39, 0.29) is 5.91 Å². The van der Waals surface area contributed by atoms with Crippen molar-refractivity contribution in [2.24, 2.45) is 5.92 Å². The average molecular weight is 245 g/mol. The number of nitrogens with one attached hydrogen (secondary N) is 1. The lowest BCUT2D eigenvalue weighted by Crippen LogP contribution is -2.25. The fourth-order valence-corrected chi connectivity index (χ4v) is 1.20. The van der Waals surface area contributed by atoms with E-state index >= 15 is 0 Å². The zero-order valence-corrected chi connectivity index (χ0v) is 11.7. The minimum Gasteiger partial charge on any atom is -0.352 e. The Morgan fingerprint density at radius 1 is 1.28 bits per heavy atom. The van der Waals surface area contributed by atoms with Crippen LogP contribution in [-0.2, 0) is 4.79 Å². The molecule has 0 aliphatic rings. The Labute approximate surface area is 111 Å². The number of hydrogen-bond donors (Lipinski definition) is 1. The first-order valence-corrected chi connectivity index (χ1v) is 6.50. The SMILES string of the molecule is CC#CC#CCCCC/C=C/C(=O)NCC(C)C. The molecule has 0 spiro atoms. The summed E-state index contributed by atoms with van der Waals surface area (Å²) in [6.07, 6.45) is 7.46. The van der Waals surface area contributed by atoms with Crippen LogP contribution in [0.3, 0.4) is 0 Å². The van der Waals surface area contributed by atoms with Crippen LogP contribution >= 0.6 is 0 Å². The van der Waals surface area contributed by atoms with E-state index in [9.17, 15) is 4.79 Å². The van der Waals surface area contributed by atoms with Crippen LogP contribution in [0.15, 0.2) is 12.2 Å². The van der Waals surface area contributed by atoms with Gasteiger partial charge in [-0.1, -0.05) is 31.8 Å². The van der Waals surface area contributed by atoms with Gasteiger partial charge in [0, 0.05) is 13.0 Å². The standard InChI is InChI=1S/C16H23NO/c1-4-5-6-7-8-9-10-11-12-13-16(18)17-14-15(2)3/h12-13,15H,8-11,14H2,1-3H3,(H,17,18)/b13-12+. The zero-order valence-electron chi connectivity index (χ0n) is 11.7. The van der Waals surface area contributed by atoms with Crippen molar-refractivity contribution in [1.82, 2.24) is 5.32 Å². The quantitative estimate of drug-likeness (QED) is 0.417. The van der Waals surface area contributed by atoms with E-state index in [2.05, 4.69) is 42.8 Å². The summed E-state index contributed by atoms with van der Waals surface area (Å²) in [6, 6.07) is 0. The number of amides is 1. The Bertz CT molecular complexity index is 371. The van der Waals surface area contributed by atoms with Gasteiger partial charge in [-0.3, -0.25) is 4.79 Å². The molecule has 0 saturated heterocycles. The summed E-state index contributed by atoms with van der Waals surface area (Å²) in [7, 11) is 0. The Balaban J connectivity index is 3.50. The van der Waals surface area contributed by atoms with Crippen molar-refractivity contribution in [1.29, 1.82) is 0 Å². The van der Waals surface area contributed by atoms with Crippen LogP contribution in [0.5, 0.6) is 0 Å². The summed E-state index contributed by atoms with van der Waals surface area (Å²) in [5.74, 6) is 11.7. The summed E-state index contributed by atoms with van der Waals surface area (Å²) >= 11 is 0. The Kier molecular flexibility index (Phi) is 10.7. The fourth-order valence-electron chi connectivity index (χ4n) is 1.20. The third-order valence-corrected chi connectivity index (χ3v) is 2.15. The molecule has 0 aromatic rings. The second-order valence-electron chi connectivity index (χ2n) is 4.46. The van der Waals surface area contributed by atoms with E-state index < -0.39 is 0 Å². The third-order valence-electron chi connectivity index (χ3n) is 2.15. The van der Waals surface area contributed by atoms with Crippen molar-refractivity contribution >= 4 is 5.91 Å². The van der Waals surface area contributed by atoms with Crippen LogP contribution in [0, 0.1) is 29.6 Å². The number of carbonyl (C=O) groups excluding carboxylic acids is 1. The molecule has 1 N–H and O–H groups in total. The average Bonchev–Trinajstić information content (AvgIpc) is 2.34. The molecule has 0 aromatic carbocycles. The van der Waals surface area contributed by atoms with E-state index in [1.54, 1.807) is 13.0 Å². The maximum atomic E-state index is 11.3. The first-order chi connectivity index (χ1) is 8.66. The van der Waals surface area contributed by atoms with Crippen LogP contribution in [0.1, 0.15) is 46.5 Å². The van der Waals surface area contributed by atoms with Gasteiger partial charge in [0.2, 0.25) is 5.91 Å². The highest BCUT2D eigenvalue weighted by Crippen LogP contribution is 1.99. The van der Waals surface area contributed by atoms with Gasteiger partial charge in [0.1, 0.15) is 0 Å². The van der Waals surface area contributed by atoms with Gasteiger partial charge in [0.15, 0.2) is 0 Å². The molecule has 0 unspecified atom stereocenters. The minimum atomic E-state index is 0.00159. The predicted octanol–water partition coefficient (Wildman–Crippen LogP) is 2.90. The van der Waals surface area contributed by atoms with Crippen molar-refractivity contribution < 1.29 is 4.79 Å². The smallest absolute Gasteiger partial charge is 0.243 e. The van der Waals surface area contributed by atoms with Crippen molar-refractivity contribution in [2.75, 3.05) is 6.54 Å². The lowest BCUT2D eigenvalue weighted by atomic mass is 10.2. The molecule has 98 valence electrons. The Hall–Kier alpha value is -1.67. The summed E-state index contributed by atoms with van der Waals surface area (Å²) in [5.41, 5.74) is 0. The van der Waals surface area contributed by atoms with Crippen LogP contribution < -0.4 is 5.32 Å². The molecule has 0 heterocycles. The summed E-state index contributed by atoms with van der Waals surface area (Å²) in [5, 5.41) is 2.84. The lowest BCUT2D eigenvalue weighted by molar-refractivity contribution is -0.116. The summed E-state index contributed by atoms with van der Waals surface area (Å²) in [4.78, 5) is 11.3. The summed E-state index contributed by atoms with van der Waals surface area (Å²) in [6.45, 7) is 6.67.